The first-order valence-corrected chi connectivity index (χ1v) is 19.2. The van der Waals surface area contributed by atoms with Crippen LogP contribution in [0.4, 0.5) is 0 Å². The predicted octanol–water partition coefficient (Wildman–Crippen LogP) is 7.33. The van der Waals surface area contributed by atoms with Gasteiger partial charge in [-0.25, -0.2) is 5.57 Å². The number of hydrogen-bond donors (Lipinski definition) is 0. The van der Waals surface area contributed by atoms with Crippen LogP contribution in [-0.2, 0) is 35.1 Å². The Kier molecular flexibility index (Phi) is 13.4. The van der Waals surface area contributed by atoms with Gasteiger partial charge in [-0.05, 0) is 36.1 Å². The molecule has 7 rings (SSSR count). The number of benzene rings is 3. The molecule has 0 aliphatic heterocycles. The van der Waals surface area contributed by atoms with E-state index in [1.54, 1.807) is 0 Å². The van der Waals surface area contributed by atoms with Crippen molar-refractivity contribution in [3.05, 3.63) is 123 Å². The maximum absolute atomic E-state index is 3.57. The summed E-state index contributed by atoms with van der Waals surface area (Å²) in [4.78, 5) is 0. The molecule has 0 nitrogen and oxygen atoms in total. The third kappa shape index (κ3) is 8.54. The van der Waals surface area contributed by atoms with Gasteiger partial charge in [0.15, 0.2) is 0 Å². The van der Waals surface area contributed by atoms with Crippen molar-refractivity contribution in [1.82, 2.24) is 0 Å². The fourth-order valence-electron chi connectivity index (χ4n) is 7.88. The molecule has 0 saturated heterocycles. The van der Waals surface area contributed by atoms with Gasteiger partial charge in [-0.2, -0.15) is 11.6 Å². The molecular formula is C47H56Cl2Zr-2. The summed E-state index contributed by atoms with van der Waals surface area (Å²) in [5.41, 5.74) is 14.9. The first-order chi connectivity index (χ1) is 22.4. The van der Waals surface area contributed by atoms with E-state index in [1.807, 2.05) is 0 Å². The molecule has 0 amide bonds. The Balaban J connectivity index is 0.000000229. The van der Waals surface area contributed by atoms with Crippen molar-refractivity contribution in [2.75, 3.05) is 0 Å². The van der Waals surface area contributed by atoms with Gasteiger partial charge >= 0.3 is 76.7 Å². The van der Waals surface area contributed by atoms with Crippen LogP contribution >= 0.6 is 0 Å². The summed E-state index contributed by atoms with van der Waals surface area (Å²) >= 11 is 1.51. The summed E-state index contributed by atoms with van der Waals surface area (Å²) in [7, 11) is 0. The zero-order valence-electron chi connectivity index (χ0n) is 32.7. The van der Waals surface area contributed by atoms with E-state index in [0.717, 1.165) is 6.42 Å². The molecular weight excluding hydrogens is 727 g/mol. The van der Waals surface area contributed by atoms with Gasteiger partial charge in [0.25, 0.3) is 0 Å². The SMILES string of the molecule is CC1=CC(C)(C)c2cc3[cH-]c4cc5c(cc4c3cc21)C(C)=CC5(C)C.CCC1=[C-]C(CC)C=C1C(C)(C)C.C[C](=[Zr+2])c1ccc(C)cc1.[Cl-].[Cl-]. The monoisotopic (exact) mass is 780 g/mol. The van der Waals surface area contributed by atoms with E-state index in [2.05, 4.69) is 169 Å². The normalized spacial score (nSPS) is 17.9. The van der Waals surface area contributed by atoms with Crippen LogP contribution in [0.25, 0.3) is 32.7 Å². The molecule has 0 saturated carbocycles. The van der Waals surface area contributed by atoms with E-state index in [0.29, 0.717) is 11.3 Å². The Morgan fingerprint density at radius 1 is 0.780 bits per heavy atom. The summed E-state index contributed by atoms with van der Waals surface area (Å²) in [6.45, 7) is 29.4. The largest absolute Gasteiger partial charge is 1.00 e. The zero-order valence-corrected chi connectivity index (χ0v) is 36.6. The second kappa shape index (κ2) is 15.8. The first kappa shape index (κ1) is 42.2. The standard InChI is InChI=1S/C25H25.C13H21.C9H10.2ClH.Zr/c1-14-12-24(3,4)22-8-16-7-17-9-23-19(15(2)13-25(23,5)6)11-21(17)20(16)10-18(14)22;1-6-10-8-11(7-2)12(9-10)13(3,4)5;1-3-9-6-4-8(2)5-7-9;;;/h7-13H,1-6H3;9-10H,6-7H2,1-5H3;4-7H,1-2H3;2*1H;/q2*-1;;;;+2/p-2. The third-order valence-electron chi connectivity index (χ3n) is 10.5. The predicted molar refractivity (Wildman–Crippen MR) is 210 cm³/mol. The Bertz CT molecular complexity index is 1920. The van der Waals surface area contributed by atoms with E-state index in [-0.39, 0.29) is 35.6 Å². The third-order valence-corrected chi connectivity index (χ3v) is 11.2. The Hall–Kier alpha value is -2.18. The molecule has 0 bridgehead atoms. The second-order valence-electron chi connectivity index (χ2n) is 16.5. The van der Waals surface area contributed by atoms with Crippen molar-refractivity contribution in [2.45, 2.75) is 114 Å². The number of allylic oxidation sites excluding steroid dienone is 8. The van der Waals surface area contributed by atoms with Crippen molar-refractivity contribution in [2.24, 2.45) is 11.3 Å². The van der Waals surface area contributed by atoms with Gasteiger partial charge in [-0.1, -0.05) is 122 Å². The molecule has 0 N–H and O–H groups in total. The summed E-state index contributed by atoms with van der Waals surface area (Å²) in [6.07, 6.45) is 13.1. The number of halogens is 2. The molecule has 0 aromatic heterocycles. The smallest absolute Gasteiger partial charge is 1.00 e. The van der Waals surface area contributed by atoms with Gasteiger partial charge in [0.2, 0.25) is 0 Å². The molecule has 0 radical (unpaired) electrons. The number of rotatable bonds is 3. The van der Waals surface area contributed by atoms with E-state index in [4.69, 9.17) is 0 Å². The van der Waals surface area contributed by atoms with Gasteiger partial charge in [0, 0.05) is 10.8 Å². The maximum Gasteiger partial charge on any atom is -1.00 e. The quantitative estimate of drug-likeness (QED) is 0.191. The second-order valence-corrected chi connectivity index (χ2v) is 18.4. The summed E-state index contributed by atoms with van der Waals surface area (Å²) in [6, 6.07) is 20.8. The molecule has 1 atom stereocenters. The van der Waals surface area contributed by atoms with Crippen molar-refractivity contribution in [3.63, 3.8) is 0 Å². The molecule has 1 unspecified atom stereocenters. The van der Waals surface area contributed by atoms with Gasteiger partial charge in [0.05, 0.1) is 0 Å². The molecule has 3 heteroatoms. The fourth-order valence-corrected chi connectivity index (χ4v) is 8.29. The van der Waals surface area contributed by atoms with Crippen molar-refractivity contribution < 1.29 is 49.0 Å². The van der Waals surface area contributed by atoms with Gasteiger partial charge in [0.1, 0.15) is 0 Å². The van der Waals surface area contributed by atoms with Crippen LogP contribution in [-0.4, -0.2) is 3.21 Å². The van der Waals surface area contributed by atoms with Crippen LogP contribution in [0, 0.1) is 24.3 Å². The van der Waals surface area contributed by atoms with Crippen LogP contribution in [0.2, 0.25) is 0 Å². The van der Waals surface area contributed by atoms with Crippen molar-refractivity contribution in [3.8, 4) is 0 Å². The zero-order chi connectivity index (χ0) is 35.3. The number of hydrogen-bond acceptors (Lipinski definition) is 0. The van der Waals surface area contributed by atoms with Crippen LogP contribution in [0.15, 0.2) is 84.0 Å². The molecule has 3 aliphatic carbocycles. The van der Waals surface area contributed by atoms with E-state index in [9.17, 15) is 0 Å². The summed E-state index contributed by atoms with van der Waals surface area (Å²) in [5, 5.41) is 5.57. The fraction of sp³-hybridized carbons (Fsp3) is 0.404. The summed E-state index contributed by atoms with van der Waals surface area (Å²) < 4.78 is 1.46. The number of fused-ring (bicyclic) bond motifs is 5. The average molecular weight is 783 g/mol. The summed E-state index contributed by atoms with van der Waals surface area (Å²) in [5.74, 6) is 0.573. The van der Waals surface area contributed by atoms with Gasteiger partial charge < -0.3 is 24.8 Å². The van der Waals surface area contributed by atoms with Crippen LogP contribution in [0.3, 0.4) is 0 Å². The molecule has 0 heterocycles. The molecule has 4 aromatic rings. The van der Waals surface area contributed by atoms with Crippen LogP contribution < -0.4 is 24.8 Å². The van der Waals surface area contributed by atoms with E-state index < -0.39 is 0 Å². The number of aryl methyl sites for hydroxylation is 1. The Morgan fingerprint density at radius 3 is 1.60 bits per heavy atom. The van der Waals surface area contributed by atoms with Gasteiger partial charge in [-0.15, -0.1) is 39.7 Å². The van der Waals surface area contributed by atoms with Crippen molar-refractivity contribution in [1.29, 1.82) is 0 Å². The Morgan fingerprint density at radius 2 is 1.24 bits per heavy atom. The van der Waals surface area contributed by atoms with E-state index >= 15 is 0 Å². The molecule has 0 fully saturated rings. The van der Waals surface area contributed by atoms with Gasteiger partial charge in [-0.3, -0.25) is 6.08 Å². The van der Waals surface area contributed by atoms with Crippen molar-refractivity contribution >= 4 is 35.9 Å². The molecule has 3 aliphatic rings. The molecule has 0 spiro atoms. The van der Waals surface area contributed by atoms with Crippen LogP contribution in [0.1, 0.15) is 129 Å². The topological polar surface area (TPSA) is 0 Å². The minimum Gasteiger partial charge on any atom is -1.00 e. The minimum atomic E-state index is 0. The maximum atomic E-state index is 3.57. The van der Waals surface area contributed by atoms with Crippen LogP contribution in [0.5, 0.6) is 0 Å². The molecule has 4 aromatic carbocycles. The van der Waals surface area contributed by atoms with E-state index in [1.165, 1.54) is 111 Å². The molecule has 50 heavy (non-hydrogen) atoms. The first-order valence-electron chi connectivity index (χ1n) is 17.9. The minimum absolute atomic E-state index is 0. The average Bonchev–Trinajstić information content (AvgIpc) is 3.71. The molecule has 264 valence electrons. The Labute approximate surface area is 331 Å².